The third kappa shape index (κ3) is 4.57. The molecule has 0 aliphatic rings. The molecule has 5 heteroatoms. The molecule has 0 saturated carbocycles. The van der Waals surface area contributed by atoms with Crippen LogP contribution in [0.25, 0.3) is 0 Å². The summed E-state index contributed by atoms with van der Waals surface area (Å²) < 4.78 is 0. The first-order valence-electron chi connectivity index (χ1n) is 7.26. The number of nitrogens with one attached hydrogen (secondary N) is 1. The normalized spacial score (nSPS) is 11.8. The molecule has 0 saturated heterocycles. The first kappa shape index (κ1) is 17.0. The van der Waals surface area contributed by atoms with Crippen molar-refractivity contribution in [3.63, 3.8) is 0 Å². The van der Waals surface area contributed by atoms with Crippen LogP contribution in [0.1, 0.15) is 28.4 Å². The summed E-state index contributed by atoms with van der Waals surface area (Å²) in [5, 5.41) is 12.2. The standard InChI is InChI=1S/C18H18ClNO3/c1-11-3-5-13(6-4-11)9-12(2)17(21)20-16-10-14(19)7-8-15(16)18(22)23/h3-8,10,12H,9H2,1-2H3,(H,20,21)(H,22,23). The van der Waals surface area contributed by atoms with Gasteiger partial charge in [-0.25, -0.2) is 4.79 Å². The van der Waals surface area contributed by atoms with Crippen LogP contribution in [0.3, 0.4) is 0 Å². The summed E-state index contributed by atoms with van der Waals surface area (Å²) in [5.41, 5.74) is 2.45. The summed E-state index contributed by atoms with van der Waals surface area (Å²) >= 11 is 5.88. The molecule has 0 aromatic heterocycles. The van der Waals surface area contributed by atoms with Gasteiger partial charge in [0.15, 0.2) is 0 Å². The van der Waals surface area contributed by atoms with E-state index in [2.05, 4.69) is 5.32 Å². The second-order valence-corrected chi connectivity index (χ2v) is 6.01. The Hall–Kier alpha value is -2.33. The number of hydrogen-bond acceptors (Lipinski definition) is 2. The number of carbonyl (C=O) groups excluding carboxylic acids is 1. The van der Waals surface area contributed by atoms with Gasteiger partial charge in [0.1, 0.15) is 0 Å². The van der Waals surface area contributed by atoms with Gasteiger partial charge in [0.05, 0.1) is 11.3 Å². The molecule has 4 nitrogen and oxygen atoms in total. The van der Waals surface area contributed by atoms with Crippen molar-refractivity contribution < 1.29 is 14.7 Å². The van der Waals surface area contributed by atoms with E-state index in [-0.39, 0.29) is 23.1 Å². The molecule has 0 aliphatic carbocycles. The molecule has 0 bridgehead atoms. The van der Waals surface area contributed by atoms with E-state index in [4.69, 9.17) is 11.6 Å². The zero-order valence-corrected chi connectivity index (χ0v) is 13.7. The van der Waals surface area contributed by atoms with Crippen LogP contribution in [0.15, 0.2) is 42.5 Å². The lowest BCUT2D eigenvalue weighted by Gasteiger charge is -2.14. The van der Waals surface area contributed by atoms with Gasteiger partial charge in [-0.1, -0.05) is 48.4 Å². The fourth-order valence-corrected chi connectivity index (χ4v) is 2.40. The summed E-state index contributed by atoms with van der Waals surface area (Å²) in [5.74, 6) is -1.64. The topological polar surface area (TPSA) is 66.4 Å². The third-order valence-corrected chi connectivity index (χ3v) is 3.82. The highest BCUT2D eigenvalue weighted by molar-refractivity contribution is 6.31. The van der Waals surface area contributed by atoms with Gasteiger partial charge < -0.3 is 10.4 Å². The van der Waals surface area contributed by atoms with Gasteiger partial charge in [0, 0.05) is 10.9 Å². The molecule has 120 valence electrons. The number of aromatic carboxylic acids is 1. The summed E-state index contributed by atoms with van der Waals surface area (Å²) in [6.45, 7) is 3.81. The number of rotatable bonds is 5. The highest BCUT2D eigenvalue weighted by Crippen LogP contribution is 2.22. The lowest BCUT2D eigenvalue weighted by molar-refractivity contribution is -0.119. The Balaban J connectivity index is 2.10. The summed E-state index contributed by atoms with van der Waals surface area (Å²) in [6, 6.07) is 12.3. The second kappa shape index (κ2) is 7.29. The molecule has 0 fully saturated rings. The minimum atomic E-state index is -1.11. The van der Waals surface area contributed by atoms with Crippen LogP contribution in [0, 0.1) is 12.8 Å². The molecule has 1 atom stereocenters. The molecular formula is C18H18ClNO3. The Morgan fingerprint density at radius 1 is 1.17 bits per heavy atom. The predicted octanol–water partition coefficient (Wildman–Crippen LogP) is 4.16. The number of benzene rings is 2. The number of carboxylic acid groups (broad SMARTS) is 1. The van der Waals surface area contributed by atoms with E-state index < -0.39 is 5.97 Å². The zero-order valence-electron chi connectivity index (χ0n) is 13.0. The van der Waals surface area contributed by atoms with Crippen molar-refractivity contribution >= 4 is 29.2 Å². The Kier molecular flexibility index (Phi) is 5.40. The molecular weight excluding hydrogens is 314 g/mol. The van der Waals surface area contributed by atoms with Crippen LogP contribution in [-0.4, -0.2) is 17.0 Å². The fraction of sp³-hybridized carbons (Fsp3) is 0.222. The Morgan fingerprint density at radius 2 is 1.83 bits per heavy atom. The predicted molar refractivity (Wildman–Crippen MR) is 91.1 cm³/mol. The van der Waals surface area contributed by atoms with E-state index >= 15 is 0 Å². The highest BCUT2D eigenvalue weighted by atomic mass is 35.5. The van der Waals surface area contributed by atoms with E-state index in [9.17, 15) is 14.7 Å². The number of hydrogen-bond donors (Lipinski definition) is 2. The Labute approximate surface area is 140 Å². The van der Waals surface area contributed by atoms with Gasteiger partial charge in [-0.05, 0) is 37.1 Å². The van der Waals surface area contributed by atoms with Crippen LogP contribution in [0.2, 0.25) is 5.02 Å². The van der Waals surface area contributed by atoms with Gasteiger partial charge in [-0.3, -0.25) is 4.79 Å². The zero-order chi connectivity index (χ0) is 17.0. The average molecular weight is 332 g/mol. The lowest BCUT2D eigenvalue weighted by Crippen LogP contribution is -2.23. The largest absolute Gasteiger partial charge is 0.478 e. The van der Waals surface area contributed by atoms with Gasteiger partial charge in [-0.2, -0.15) is 0 Å². The van der Waals surface area contributed by atoms with Gasteiger partial charge in [-0.15, -0.1) is 0 Å². The molecule has 0 heterocycles. The van der Waals surface area contributed by atoms with E-state index in [0.717, 1.165) is 11.1 Å². The van der Waals surface area contributed by atoms with Crippen molar-refractivity contribution in [3.8, 4) is 0 Å². The third-order valence-electron chi connectivity index (χ3n) is 3.58. The summed E-state index contributed by atoms with van der Waals surface area (Å²) in [4.78, 5) is 23.5. The van der Waals surface area contributed by atoms with Crippen molar-refractivity contribution in [1.29, 1.82) is 0 Å². The fourth-order valence-electron chi connectivity index (χ4n) is 2.23. The molecule has 2 aromatic rings. The number of amides is 1. The maximum atomic E-state index is 12.3. The highest BCUT2D eigenvalue weighted by Gasteiger charge is 2.17. The van der Waals surface area contributed by atoms with E-state index in [1.54, 1.807) is 6.92 Å². The second-order valence-electron chi connectivity index (χ2n) is 5.58. The maximum absolute atomic E-state index is 12.3. The quantitative estimate of drug-likeness (QED) is 0.864. The average Bonchev–Trinajstić information content (AvgIpc) is 2.49. The Bertz CT molecular complexity index is 726. The van der Waals surface area contributed by atoms with Gasteiger partial charge in [0.2, 0.25) is 5.91 Å². The molecule has 0 radical (unpaired) electrons. The molecule has 0 aliphatic heterocycles. The van der Waals surface area contributed by atoms with Crippen molar-refractivity contribution in [2.45, 2.75) is 20.3 Å². The maximum Gasteiger partial charge on any atom is 0.337 e. The van der Waals surface area contributed by atoms with Crippen LogP contribution in [-0.2, 0) is 11.2 Å². The molecule has 2 aromatic carbocycles. The number of carbonyl (C=O) groups is 2. The van der Waals surface area contributed by atoms with Crippen LogP contribution < -0.4 is 5.32 Å². The van der Waals surface area contributed by atoms with E-state index in [0.29, 0.717) is 11.4 Å². The van der Waals surface area contributed by atoms with E-state index in [1.165, 1.54) is 18.2 Å². The first-order valence-corrected chi connectivity index (χ1v) is 7.64. The van der Waals surface area contributed by atoms with Gasteiger partial charge >= 0.3 is 5.97 Å². The molecule has 2 N–H and O–H groups in total. The van der Waals surface area contributed by atoms with Crippen molar-refractivity contribution in [2.24, 2.45) is 5.92 Å². The SMILES string of the molecule is Cc1ccc(CC(C)C(=O)Nc2cc(Cl)ccc2C(=O)O)cc1. The number of aryl methyl sites for hydroxylation is 1. The molecule has 23 heavy (non-hydrogen) atoms. The minimum Gasteiger partial charge on any atom is -0.478 e. The number of carboxylic acids is 1. The van der Waals surface area contributed by atoms with E-state index in [1.807, 2.05) is 31.2 Å². The molecule has 1 amide bonds. The Morgan fingerprint density at radius 3 is 2.43 bits per heavy atom. The lowest BCUT2D eigenvalue weighted by atomic mass is 9.99. The smallest absolute Gasteiger partial charge is 0.337 e. The van der Waals surface area contributed by atoms with Crippen molar-refractivity contribution in [3.05, 3.63) is 64.2 Å². The van der Waals surface area contributed by atoms with Crippen LogP contribution in [0.4, 0.5) is 5.69 Å². The summed E-state index contributed by atoms with van der Waals surface area (Å²) in [6.07, 6.45) is 0.578. The summed E-state index contributed by atoms with van der Waals surface area (Å²) in [7, 11) is 0. The number of halogens is 1. The molecule has 2 rings (SSSR count). The molecule has 1 unspecified atom stereocenters. The van der Waals surface area contributed by atoms with Crippen LogP contribution >= 0.6 is 11.6 Å². The van der Waals surface area contributed by atoms with Crippen LogP contribution in [0.5, 0.6) is 0 Å². The minimum absolute atomic E-state index is 0.0188. The van der Waals surface area contributed by atoms with Gasteiger partial charge in [0.25, 0.3) is 0 Å². The van der Waals surface area contributed by atoms with Crippen molar-refractivity contribution in [2.75, 3.05) is 5.32 Å². The number of anilines is 1. The monoisotopic (exact) mass is 331 g/mol. The first-order chi connectivity index (χ1) is 10.9. The molecule has 0 spiro atoms. The van der Waals surface area contributed by atoms with Crippen molar-refractivity contribution in [1.82, 2.24) is 0 Å².